The van der Waals surface area contributed by atoms with Crippen molar-refractivity contribution >= 4 is 5.71 Å². The van der Waals surface area contributed by atoms with Gasteiger partial charge in [0.1, 0.15) is 0 Å². The molecule has 0 aliphatic heterocycles. The quantitative estimate of drug-likeness (QED) is 0.556. The van der Waals surface area contributed by atoms with Crippen LogP contribution >= 0.6 is 0 Å². The van der Waals surface area contributed by atoms with Crippen LogP contribution in [0.25, 0.3) is 0 Å². The lowest BCUT2D eigenvalue weighted by atomic mass is 10.2. The van der Waals surface area contributed by atoms with Crippen molar-refractivity contribution < 1.29 is 0 Å². The van der Waals surface area contributed by atoms with Crippen molar-refractivity contribution in [2.75, 3.05) is 0 Å². The fourth-order valence-electron chi connectivity index (χ4n) is 0.653. The summed E-state index contributed by atoms with van der Waals surface area (Å²) in [7, 11) is 0. The summed E-state index contributed by atoms with van der Waals surface area (Å²) in [5.74, 6) is 0. The molecule has 0 aliphatic rings. The smallest absolute Gasteiger partial charge is 0.0195 e. The highest BCUT2D eigenvalue weighted by atomic mass is 14.7. The molecular formula is C12H27N. The van der Waals surface area contributed by atoms with E-state index < -0.39 is 0 Å². The van der Waals surface area contributed by atoms with Crippen LogP contribution in [-0.2, 0) is 0 Å². The highest BCUT2D eigenvalue weighted by molar-refractivity contribution is 5.82. The lowest BCUT2D eigenvalue weighted by Crippen LogP contribution is -1.88. The highest BCUT2D eigenvalue weighted by Gasteiger charge is 1.86. The van der Waals surface area contributed by atoms with E-state index in [-0.39, 0.29) is 0 Å². The molecule has 0 aromatic rings. The third kappa shape index (κ3) is 24.6. The van der Waals surface area contributed by atoms with E-state index in [1.54, 1.807) is 6.20 Å². The van der Waals surface area contributed by atoms with Gasteiger partial charge in [0, 0.05) is 11.9 Å². The van der Waals surface area contributed by atoms with Crippen molar-refractivity contribution in [1.82, 2.24) is 0 Å². The van der Waals surface area contributed by atoms with Gasteiger partial charge in [0.25, 0.3) is 0 Å². The molecule has 0 bridgehead atoms. The van der Waals surface area contributed by atoms with Gasteiger partial charge in [0.2, 0.25) is 0 Å². The van der Waals surface area contributed by atoms with Crippen LogP contribution in [0.2, 0.25) is 0 Å². The van der Waals surface area contributed by atoms with Gasteiger partial charge in [-0.1, -0.05) is 47.6 Å². The molecule has 80 valence electrons. The van der Waals surface area contributed by atoms with Gasteiger partial charge in [-0.05, 0) is 19.8 Å². The third-order valence-electron chi connectivity index (χ3n) is 1.20. The average molecular weight is 185 g/mol. The van der Waals surface area contributed by atoms with Crippen LogP contribution in [0.4, 0.5) is 0 Å². The van der Waals surface area contributed by atoms with Crippen molar-refractivity contribution in [2.24, 2.45) is 4.99 Å². The Labute approximate surface area is 85.0 Å². The van der Waals surface area contributed by atoms with E-state index in [1.807, 2.05) is 34.6 Å². The summed E-state index contributed by atoms with van der Waals surface area (Å²) in [5.41, 5.74) is 1.19. The maximum absolute atomic E-state index is 4.04. The van der Waals surface area contributed by atoms with Crippen molar-refractivity contribution in [2.45, 2.75) is 60.8 Å². The summed E-state index contributed by atoms with van der Waals surface area (Å²) in [4.78, 5) is 4.04. The molecule has 0 aromatic carbocycles. The van der Waals surface area contributed by atoms with E-state index >= 15 is 0 Å². The Morgan fingerprint density at radius 1 is 1.23 bits per heavy atom. The summed E-state index contributed by atoms with van der Waals surface area (Å²) in [5, 5.41) is 0. The minimum Gasteiger partial charge on any atom is -0.267 e. The first kappa shape index (κ1) is 18.2. The zero-order chi connectivity index (χ0) is 11.1. The Hall–Kier alpha value is -0.590. The van der Waals surface area contributed by atoms with Crippen molar-refractivity contribution in [3.05, 3.63) is 12.8 Å². The number of rotatable bonds is 4. The predicted octanol–water partition coefficient (Wildman–Crippen LogP) is 4.83. The van der Waals surface area contributed by atoms with E-state index in [1.165, 1.54) is 18.6 Å². The molecule has 0 rings (SSSR count). The minimum absolute atomic E-state index is 1.11. The van der Waals surface area contributed by atoms with Crippen LogP contribution < -0.4 is 0 Å². The molecule has 0 fully saturated rings. The molecule has 0 N–H and O–H groups in total. The van der Waals surface area contributed by atoms with Gasteiger partial charge >= 0.3 is 0 Å². The molecule has 13 heavy (non-hydrogen) atoms. The second kappa shape index (κ2) is 22.5. The summed E-state index contributed by atoms with van der Waals surface area (Å²) in [6.07, 6.45) is 5.20. The van der Waals surface area contributed by atoms with Crippen molar-refractivity contribution in [1.29, 1.82) is 0 Å². The van der Waals surface area contributed by atoms with Crippen LogP contribution in [0.15, 0.2) is 17.8 Å². The van der Waals surface area contributed by atoms with Crippen LogP contribution in [0.3, 0.4) is 0 Å². The van der Waals surface area contributed by atoms with E-state index in [2.05, 4.69) is 18.5 Å². The Bertz CT molecular complexity index is 104. The number of aliphatic imine (C=N–C) groups is 1. The predicted molar refractivity (Wildman–Crippen MR) is 65.5 cm³/mol. The summed E-state index contributed by atoms with van der Waals surface area (Å²) in [6, 6.07) is 0. The van der Waals surface area contributed by atoms with Gasteiger partial charge in [-0.15, -0.1) is 0 Å². The fourth-order valence-corrected chi connectivity index (χ4v) is 0.653. The second-order valence-corrected chi connectivity index (χ2v) is 2.15. The maximum Gasteiger partial charge on any atom is 0.0195 e. The normalized spacial score (nSPS) is 8.92. The minimum atomic E-state index is 1.11. The van der Waals surface area contributed by atoms with Gasteiger partial charge in [-0.2, -0.15) is 0 Å². The van der Waals surface area contributed by atoms with Gasteiger partial charge < -0.3 is 0 Å². The monoisotopic (exact) mass is 185 g/mol. The van der Waals surface area contributed by atoms with Gasteiger partial charge in [0.05, 0.1) is 0 Å². The first-order valence-corrected chi connectivity index (χ1v) is 5.45. The Morgan fingerprint density at radius 2 is 1.69 bits per heavy atom. The molecular weight excluding hydrogens is 158 g/mol. The van der Waals surface area contributed by atoms with Crippen LogP contribution in [0.5, 0.6) is 0 Å². The lowest BCUT2D eigenvalue weighted by molar-refractivity contribution is 0.833. The van der Waals surface area contributed by atoms with Gasteiger partial charge in [-0.3, -0.25) is 4.99 Å². The summed E-state index contributed by atoms with van der Waals surface area (Å²) >= 11 is 0. The molecule has 0 unspecified atom stereocenters. The SMILES string of the molecule is C=CN=C(C)CCCC.CC.CC. The number of hydrogen-bond donors (Lipinski definition) is 0. The summed E-state index contributed by atoms with van der Waals surface area (Å²) < 4.78 is 0. The average Bonchev–Trinajstić information content (AvgIpc) is 2.21. The van der Waals surface area contributed by atoms with Crippen molar-refractivity contribution in [3.63, 3.8) is 0 Å². The Kier molecular flexibility index (Phi) is 31.6. The molecule has 0 aromatic heterocycles. The highest BCUT2D eigenvalue weighted by Crippen LogP contribution is 1.96. The number of nitrogens with zero attached hydrogens (tertiary/aromatic N) is 1. The standard InChI is InChI=1S/C8H15N.2C2H6/c1-4-6-7-8(3)9-5-2;2*1-2/h5H,2,4,6-7H2,1,3H3;2*1-2H3. The largest absolute Gasteiger partial charge is 0.267 e. The number of unbranched alkanes of at least 4 members (excludes halogenated alkanes) is 1. The van der Waals surface area contributed by atoms with E-state index in [0.717, 1.165) is 6.42 Å². The maximum atomic E-state index is 4.04. The van der Waals surface area contributed by atoms with Crippen LogP contribution in [-0.4, -0.2) is 5.71 Å². The zero-order valence-corrected chi connectivity index (χ0v) is 10.4. The molecule has 0 saturated heterocycles. The molecule has 0 spiro atoms. The molecule has 1 heteroatoms. The molecule has 0 aliphatic carbocycles. The van der Waals surface area contributed by atoms with Gasteiger partial charge in [-0.25, -0.2) is 0 Å². The van der Waals surface area contributed by atoms with Crippen molar-refractivity contribution in [3.8, 4) is 0 Å². The second-order valence-electron chi connectivity index (χ2n) is 2.15. The van der Waals surface area contributed by atoms with E-state index in [4.69, 9.17) is 0 Å². The zero-order valence-electron chi connectivity index (χ0n) is 10.4. The molecule has 0 atom stereocenters. The topological polar surface area (TPSA) is 12.4 Å². The molecule has 0 saturated carbocycles. The number of hydrogen-bond acceptors (Lipinski definition) is 1. The van der Waals surface area contributed by atoms with Crippen LogP contribution in [0.1, 0.15) is 60.8 Å². The first-order chi connectivity index (χ1) is 6.31. The Morgan fingerprint density at radius 3 is 2.00 bits per heavy atom. The molecule has 1 nitrogen and oxygen atoms in total. The fraction of sp³-hybridized carbons (Fsp3) is 0.750. The molecule has 0 heterocycles. The van der Waals surface area contributed by atoms with E-state index in [0.29, 0.717) is 0 Å². The summed E-state index contributed by atoms with van der Waals surface area (Å²) in [6.45, 7) is 15.7. The third-order valence-corrected chi connectivity index (χ3v) is 1.20. The Balaban J connectivity index is -0.000000218. The van der Waals surface area contributed by atoms with Crippen LogP contribution in [0, 0.1) is 0 Å². The first-order valence-electron chi connectivity index (χ1n) is 5.45. The van der Waals surface area contributed by atoms with Gasteiger partial charge in [0.15, 0.2) is 0 Å². The van der Waals surface area contributed by atoms with E-state index in [9.17, 15) is 0 Å². The molecule has 0 radical (unpaired) electrons. The lowest BCUT2D eigenvalue weighted by Gasteiger charge is -1.93. The molecule has 0 amide bonds.